The maximum Gasteiger partial charge on any atom is 0.193 e. The van der Waals surface area contributed by atoms with E-state index in [1.54, 1.807) is 7.11 Å². The maximum atomic E-state index is 5.78. The molecule has 2 heterocycles. The van der Waals surface area contributed by atoms with Crippen LogP contribution < -0.4 is 5.32 Å². The Bertz CT molecular complexity index is 493. The van der Waals surface area contributed by atoms with Gasteiger partial charge in [0, 0.05) is 62.8 Å². The van der Waals surface area contributed by atoms with Crippen LogP contribution in [0.2, 0.25) is 0 Å². The van der Waals surface area contributed by atoms with Gasteiger partial charge in [-0.05, 0) is 26.2 Å². The van der Waals surface area contributed by atoms with Gasteiger partial charge in [-0.1, -0.05) is 19.3 Å². The van der Waals surface area contributed by atoms with Crippen molar-refractivity contribution in [1.29, 1.82) is 0 Å². The second-order valence-corrected chi connectivity index (χ2v) is 9.95. The van der Waals surface area contributed by atoms with Gasteiger partial charge in [0.15, 0.2) is 5.96 Å². The zero-order valence-corrected chi connectivity index (χ0v) is 19.5. The van der Waals surface area contributed by atoms with Gasteiger partial charge < -0.3 is 19.7 Å². The number of nitrogens with one attached hydrogen (secondary N) is 1. The number of aliphatic imine (C=N–C) groups is 1. The molecule has 1 saturated carbocycles. The Labute approximate surface area is 182 Å². The normalized spacial score (nSPS) is 26.1. The molecule has 1 aliphatic carbocycles. The molecule has 0 spiro atoms. The SMILES string of the molecule is CCNC(=NCC1(N2CCSCC2)CCCCC1)N1CCC(COCCOC)C1. The van der Waals surface area contributed by atoms with Gasteiger partial charge in [0.2, 0.25) is 0 Å². The second kappa shape index (κ2) is 12.4. The van der Waals surface area contributed by atoms with Gasteiger partial charge in [0.1, 0.15) is 0 Å². The maximum absolute atomic E-state index is 5.78. The van der Waals surface area contributed by atoms with Crippen LogP contribution in [0.3, 0.4) is 0 Å². The lowest BCUT2D eigenvalue weighted by atomic mass is 9.80. The van der Waals surface area contributed by atoms with Gasteiger partial charge in [-0.3, -0.25) is 9.89 Å². The summed E-state index contributed by atoms with van der Waals surface area (Å²) in [5.41, 5.74) is 0.294. The number of hydrogen-bond donors (Lipinski definition) is 1. The Hall–Kier alpha value is -0.500. The van der Waals surface area contributed by atoms with Gasteiger partial charge in [0.05, 0.1) is 26.4 Å². The number of ether oxygens (including phenoxy) is 2. The molecule has 0 aromatic heterocycles. The monoisotopic (exact) mass is 426 g/mol. The lowest BCUT2D eigenvalue weighted by molar-refractivity contribution is 0.0535. The molecule has 1 N–H and O–H groups in total. The van der Waals surface area contributed by atoms with Crippen LogP contribution in [-0.4, -0.2) is 99.0 Å². The number of hydrogen-bond acceptors (Lipinski definition) is 5. The Balaban J connectivity index is 1.59. The number of likely N-dealkylation sites (tertiary alicyclic amines) is 1. The summed E-state index contributed by atoms with van der Waals surface area (Å²) in [6, 6.07) is 0. The molecular formula is C22H42N4O2S. The smallest absolute Gasteiger partial charge is 0.193 e. The van der Waals surface area contributed by atoms with Crippen molar-refractivity contribution in [3.8, 4) is 0 Å². The number of thioether (sulfide) groups is 1. The van der Waals surface area contributed by atoms with Crippen molar-refractivity contribution in [3.05, 3.63) is 0 Å². The van der Waals surface area contributed by atoms with Crippen molar-refractivity contribution < 1.29 is 9.47 Å². The van der Waals surface area contributed by atoms with E-state index in [9.17, 15) is 0 Å². The molecule has 168 valence electrons. The summed E-state index contributed by atoms with van der Waals surface area (Å²) in [5, 5.41) is 3.57. The van der Waals surface area contributed by atoms with Crippen LogP contribution in [0.5, 0.6) is 0 Å². The average molecular weight is 427 g/mol. The van der Waals surface area contributed by atoms with Crippen molar-refractivity contribution in [2.45, 2.75) is 51.0 Å². The van der Waals surface area contributed by atoms with Crippen molar-refractivity contribution in [1.82, 2.24) is 15.1 Å². The molecule has 0 bridgehead atoms. The fourth-order valence-corrected chi connectivity index (χ4v) is 5.93. The zero-order chi connectivity index (χ0) is 20.4. The average Bonchev–Trinajstić information content (AvgIpc) is 3.24. The highest BCUT2D eigenvalue weighted by Gasteiger charge is 2.38. The van der Waals surface area contributed by atoms with Crippen LogP contribution in [-0.2, 0) is 9.47 Å². The minimum absolute atomic E-state index is 0.294. The molecular weight excluding hydrogens is 384 g/mol. The molecule has 0 aromatic rings. The van der Waals surface area contributed by atoms with Gasteiger partial charge in [0.25, 0.3) is 0 Å². The van der Waals surface area contributed by atoms with Crippen molar-refractivity contribution in [2.24, 2.45) is 10.9 Å². The minimum Gasteiger partial charge on any atom is -0.382 e. The first kappa shape index (κ1) is 23.2. The summed E-state index contributed by atoms with van der Waals surface area (Å²) in [5.74, 6) is 4.27. The van der Waals surface area contributed by atoms with E-state index >= 15 is 0 Å². The first-order chi connectivity index (χ1) is 14.3. The quantitative estimate of drug-likeness (QED) is 0.348. The highest BCUT2D eigenvalue weighted by molar-refractivity contribution is 7.99. The molecule has 0 amide bonds. The van der Waals surface area contributed by atoms with Crippen LogP contribution in [0.1, 0.15) is 45.4 Å². The van der Waals surface area contributed by atoms with Crippen molar-refractivity contribution in [2.75, 3.05) is 77.7 Å². The lowest BCUT2D eigenvalue weighted by Crippen LogP contribution is -2.55. The Morgan fingerprint density at radius 2 is 1.93 bits per heavy atom. The third-order valence-electron chi connectivity index (χ3n) is 6.69. The van der Waals surface area contributed by atoms with Crippen LogP contribution in [0, 0.1) is 5.92 Å². The van der Waals surface area contributed by atoms with Crippen molar-refractivity contribution >= 4 is 17.7 Å². The standard InChI is InChI=1S/C22H42N4O2S/c1-3-23-21(25-10-7-20(17-25)18-28-14-13-27-2)24-19-22(8-5-4-6-9-22)26-11-15-29-16-12-26/h20H,3-19H2,1-2H3,(H,23,24). The van der Waals surface area contributed by atoms with Crippen LogP contribution in [0.15, 0.2) is 4.99 Å². The molecule has 3 fully saturated rings. The number of nitrogens with zero attached hydrogens (tertiary/aromatic N) is 3. The molecule has 6 nitrogen and oxygen atoms in total. The number of rotatable bonds is 9. The number of guanidine groups is 1. The Morgan fingerprint density at radius 3 is 2.66 bits per heavy atom. The van der Waals surface area contributed by atoms with E-state index in [0.29, 0.717) is 24.7 Å². The largest absolute Gasteiger partial charge is 0.382 e. The van der Waals surface area contributed by atoms with Crippen LogP contribution in [0.25, 0.3) is 0 Å². The third kappa shape index (κ3) is 6.74. The predicted octanol–water partition coefficient (Wildman–Crippen LogP) is 2.69. The minimum atomic E-state index is 0.294. The zero-order valence-electron chi connectivity index (χ0n) is 18.7. The van der Waals surface area contributed by atoms with Crippen molar-refractivity contribution in [3.63, 3.8) is 0 Å². The summed E-state index contributed by atoms with van der Waals surface area (Å²) in [7, 11) is 1.72. The third-order valence-corrected chi connectivity index (χ3v) is 7.64. The second-order valence-electron chi connectivity index (χ2n) is 8.72. The molecule has 1 unspecified atom stereocenters. The molecule has 2 aliphatic heterocycles. The summed E-state index contributed by atoms with van der Waals surface area (Å²) in [6.07, 6.45) is 7.94. The van der Waals surface area contributed by atoms with E-state index in [2.05, 4.69) is 33.8 Å². The molecule has 29 heavy (non-hydrogen) atoms. The van der Waals surface area contributed by atoms with Gasteiger partial charge in [-0.2, -0.15) is 11.8 Å². The molecule has 2 saturated heterocycles. The van der Waals surface area contributed by atoms with E-state index in [4.69, 9.17) is 14.5 Å². The topological polar surface area (TPSA) is 49.3 Å². The van der Waals surface area contributed by atoms with E-state index in [1.807, 2.05) is 0 Å². The fourth-order valence-electron chi connectivity index (χ4n) is 5.02. The predicted molar refractivity (Wildman–Crippen MR) is 123 cm³/mol. The molecule has 0 radical (unpaired) electrons. The molecule has 7 heteroatoms. The van der Waals surface area contributed by atoms with E-state index in [-0.39, 0.29) is 0 Å². The van der Waals surface area contributed by atoms with Gasteiger partial charge in [-0.15, -0.1) is 0 Å². The number of methoxy groups -OCH3 is 1. The van der Waals surface area contributed by atoms with Crippen LogP contribution >= 0.6 is 11.8 Å². The summed E-state index contributed by atoms with van der Waals surface area (Å²) < 4.78 is 10.9. The first-order valence-corrected chi connectivity index (χ1v) is 12.9. The van der Waals surface area contributed by atoms with E-state index in [1.165, 1.54) is 63.1 Å². The first-order valence-electron chi connectivity index (χ1n) is 11.7. The highest BCUT2D eigenvalue weighted by atomic mass is 32.2. The Morgan fingerprint density at radius 1 is 1.14 bits per heavy atom. The van der Waals surface area contributed by atoms with E-state index < -0.39 is 0 Å². The summed E-state index contributed by atoms with van der Waals surface area (Å²) in [4.78, 5) is 10.5. The molecule has 0 aromatic carbocycles. The highest BCUT2D eigenvalue weighted by Crippen LogP contribution is 2.35. The fraction of sp³-hybridized carbons (Fsp3) is 0.955. The summed E-state index contributed by atoms with van der Waals surface area (Å²) in [6.45, 7) is 10.9. The molecule has 1 atom stereocenters. The van der Waals surface area contributed by atoms with E-state index in [0.717, 1.165) is 38.7 Å². The van der Waals surface area contributed by atoms with Gasteiger partial charge >= 0.3 is 0 Å². The summed E-state index contributed by atoms with van der Waals surface area (Å²) >= 11 is 2.11. The molecule has 3 rings (SSSR count). The van der Waals surface area contributed by atoms with Crippen LogP contribution in [0.4, 0.5) is 0 Å². The molecule has 3 aliphatic rings. The Kier molecular flexibility index (Phi) is 9.89. The van der Waals surface area contributed by atoms with Gasteiger partial charge in [-0.25, -0.2) is 0 Å². The lowest BCUT2D eigenvalue weighted by Gasteiger charge is -2.47.